The van der Waals surface area contributed by atoms with Gasteiger partial charge < -0.3 is 10.1 Å². The standard InChI is InChI=1S/C15H25N3OS/c1-5-19-11-9-10(15(11)7-6-8-15)16-13-17-12(18-20-13)14(2,3)4/h10-11H,5-9H2,1-4H3,(H,16,17,18). The van der Waals surface area contributed by atoms with E-state index in [1.54, 1.807) is 0 Å². The van der Waals surface area contributed by atoms with E-state index in [1.807, 2.05) is 0 Å². The molecule has 1 spiro atoms. The van der Waals surface area contributed by atoms with Crippen LogP contribution in [0, 0.1) is 5.41 Å². The van der Waals surface area contributed by atoms with E-state index in [4.69, 9.17) is 4.74 Å². The summed E-state index contributed by atoms with van der Waals surface area (Å²) in [6, 6.07) is 0.522. The lowest BCUT2D eigenvalue weighted by Crippen LogP contribution is -2.64. The first-order chi connectivity index (χ1) is 9.45. The highest BCUT2D eigenvalue weighted by molar-refractivity contribution is 7.09. The second-order valence-corrected chi connectivity index (χ2v) is 7.89. The maximum Gasteiger partial charge on any atom is 0.202 e. The van der Waals surface area contributed by atoms with Gasteiger partial charge in [0.05, 0.1) is 6.10 Å². The third-order valence-electron chi connectivity index (χ3n) is 4.83. The van der Waals surface area contributed by atoms with Gasteiger partial charge in [-0.1, -0.05) is 27.2 Å². The van der Waals surface area contributed by atoms with E-state index >= 15 is 0 Å². The number of nitrogens with zero attached hydrogens (tertiary/aromatic N) is 2. The molecule has 2 saturated carbocycles. The van der Waals surface area contributed by atoms with Crippen molar-refractivity contribution in [3.8, 4) is 0 Å². The number of ether oxygens (including phenoxy) is 1. The van der Waals surface area contributed by atoms with Crippen molar-refractivity contribution in [3.05, 3.63) is 5.82 Å². The maximum absolute atomic E-state index is 5.89. The summed E-state index contributed by atoms with van der Waals surface area (Å²) in [7, 11) is 0. The van der Waals surface area contributed by atoms with E-state index in [2.05, 4.69) is 42.4 Å². The van der Waals surface area contributed by atoms with Gasteiger partial charge in [0.2, 0.25) is 5.13 Å². The fourth-order valence-corrected chi connectivity index (χ4v) is 4.19. The van der Waals surface area contributed by atoms with Gasteiger partial charge in [-0.25, -0.2) is 4.98 Å². The van der Waals surface area contributed by atoms with Crippen LogP contribution >= 0.6 is 11.5 Å². The zero-order chi connectivity index (χ0) is 14.4. The smallest absolute Gasteiger partial charge is 0.202 e. The second-order valence-electron chi connectivity index (χ2n) is 7.14. The quantitative estimate of drug-likeness (QED) is 0.922. The van der Waals surface area contributed by atoms with E-state index in [0.717, 1.165) is 24.0 Å². The summed E-state index contributed by atoms with van der Waals surface area (Å²) < 4.78 is 10.4. The number of aromatic nitrogens is 2. The van der Waals surface area contributed by atoms with Crippen LogP contribution < -0.4 is 5.32 Å². The number of anilines is 1. The van der Waals surface area contributed by atoms with Gasteiger partial charge in [0, 0.05) is 35.0 Å². The van der Waals surface area contributed by atoms with E-state index < -0.39 is 0 Å². The summed E-state index contributed by atoms with van der Waals surface area (Å²) in [5.74, 6) is 0.938. The van der Waals surface area contributed by atoms with Crippen molar-refractivity contribution in [2.75, 3.05) is 11.9 Å². The Morgan fingerprint density at radius 2 is 2.15 bits per heavy atom. The Kier molecular flexibility index (Phi) is 3.53. The lowest BCUT2D eigenvalue weighted by Gasteiger charge is -2.60. The van der Waals surface area contributed by atoms with Crippen LogP contribution in [0.25, 0.3) is 0 Å². The molecule has 1 aromatic heterocycles. The molecule has 2 atom stereocenters. The molecule has 2 unspecified atom stereocenters. The number of rotatable bonds is 4. The minimum absolute atomic E-state index is 0.0259. The third kappa shape index (κ3) is 2.25. The average molecular weight is 295 g/mol. The zero-order valence-corrected chi connectivity index (χ0v) is 13.7. The maximum atomic E-state index is 5.89. The van der Waals surface area contributed by atoms with Crippen molar-refractivity contribution in [2.24, 2.45) is 5.41 Å². The molecule has 0 aliphatic heterocycles. The molecule has 0 aromatic carbocycles. The Bertz CT molecular complexity index is 476. The molecule has 0 amide bonds. The zero-order valence-electron chi connectivity index (χ0n) is 12.9. The van der Waals surface area contributed by atoms with Crippen molar-refractivity contribution in [1.29, 1.82) is 0 Å². The fourth-order valence-electron chi connectivity index (χ4n) is 3.38. The van der Waals surface area contributed by atoms with Crippen molar-refractivity contribution in [3.63, 3.8) is 0 Å². The molecule has 4 nitrogen and oxygen atoms in total. The van der Waals surface area contributed by atoms with E-state index in [1.165, 1.54) is 30.8 Å². The molecular weight excluding hydrogens is 270 g/mol. The summed E-state index contributed by atoms with van der Waals surface area (Å²) >= 11 is 1.49. The molecular formula is C15H25N3OS. The van der Waals surface area contributed by atoms with Crippen LogP contribution in [0.4, 0.5) is 5.13 Å². The van der Waals surface area contributed by atoms with E-state index in [9.17, 15) is 0 Å². The molecule has 0 saturated heterocycles. The lowest BCUT2D eigenvalue weighted by atomic mass is 9.51. The minimum atomic E-state index is 0.0259. The first-order valence-corrected chi connectivity index (χ1v) is 8.45. The summed E-state index contributed by atoms with van der Waals surface area (Å²) in [5.41, 5.74) is 0.404. The van der Waals surface area contributed by atoms with Gasteiger partial charge in [-0.3, -0.25) is 0 Å². The number of hydrogen-bond donors (Lipinski definition) is 1. The summed E-state index contributed by atoms with van der Waals surface area (Å²) in [6.07, 6.45) is 5.48. The SMILES string of the molecule is CCOC1CC(Nc2nc(C(C)(C)C)ns2)C12CCC2. The Hall–Kier alpha value is -0.680. The van der Waals surface area contributed by atoms with Crippen LogP contribution in [0.15, 0.2) is 0 Å². The molecule has 5 heteroatoms. The average Bonchev–Trinajstić information content (AvgIpc) is 2.73. The van der Waals surface area contributed by atoms with Crippen LogP contribution in [-0.4, -0.2) is 28.1 Å². The molecule has 2 aliphatic rings. The summed E-state index contributed by atoms with van der Waals surface area (Å²) in [4.78, 5) is 4.65. The highest BCUT2D eigenvalue weighted by atomic mass is 32.1. The summed E-state index contributed by atoms with van der Waals surface area (Å²) in [5, 5.41) is 4.59. The molecule has 112 valence electrons. The number of hydrogen-bond acceptors (Lipinski definition) is 5. The molecule has 3 rings (SSSR count). The highest BCUT2D eigenvalue weighted by Gasteiger charge is 2.59. The van der Waals surface area contributed by atoms with Gasteiger partial charge in [0.25, 0.3) is 0 Å². The highest BCUT2D eigenvalue weighted by Crippen LogP contribution is 2.58. The van der Waals surface area contributed by atoms with Gasteiger partial charge in [-0.15, -0.1) is 0 Å². The first-order valence-electron chi connectivity index (χ1n) is 7.68. The Morgan fingerprint density at radius 3 is 2.65 bits per heavy atom. The van der Waals surface area contributed by atoms with Crippen LogP contribution in [0.5, 0.6) is 0 Å². The molecule has 0 radical (unpaired) electrons. The Labute approximate surface area is 125 Å². The Morgan fingerprint density at radius 1 is 1.40 bits per heavy atom. The van der Waals surface area contributed by atoms with E-state index in [0.29, 0.717) is 17.6 Å². The van der Waals surface area contributed by atoms with Gasteiger partial charge >= 0.3 is 0 Å². The first kappa shape index (κ1) is 14.3. The van der Waals surface area contributed by atoms with Crippen LogP contribution in [-0.2, 0) is 10.2 Å². The molecule has 1 aromatic rings. The van der Waals surface area contributed by atoms with Crippen LogP contribution in [0.2, 0.25) is 0 Å². The Balaban J connectivity index is 1.66. The number of nitrogens with one attached hydrogen (secondary N) is 1. The van der Waals surface area contributed by atoms with Gasteiger partial charge in [-0.2, -0.15) is 4.37 Å². The molecule has 20 heavy (non-hydrogen) atoms. The topological polar surface area (TPSA) is 47.0 Å². The van der Waals surface area contributed by atoms with Crippen molar-refractivity contribution < 1.29 is 4.74 Å². The molecule has 2 fully saturated rings. The van der Waals surface area contributed by atoms with Gasteiger partial charge in [0.1, 0.15) is 5.82 Å². The fraction of sp³-hybridized carbons (Fsp3) is 0.867. The van der Waals surface area contributed by atoms with Crippen molar-refractivity contribution in [1.82, 2.24) is 9.36 Å². The minimum Gasteiger partial charge on any atom is -0.378 e. The normalized spacial score (nSPS) is 28.0. The van der Waals surface area contributed by atoms with Crippen molar-refractivity contribution >= 4 is 16.7 Å². The molecule has 0 bridgehead atoms. The van der Waals surface area contributed by atoms with Gasteiger partial charge in [0.15, 0.2) is 0 Å². The molecule has 1 N–H and O–H groups in total. The summed E-state index contributed by atoms with van der Waals surface area (Å²) in [6.45, 7) is 9.38. The molecule has 1 heterocycles. The monoisotopic (exact) mass is 295 g/mol. The predicted molar refractivity (Wildman–Crippen MR) is 82.3 cm³/mol. The predicted octanol–water partition coefficient (Wildman–Crippen LogP) is 3.60. The largest absolute Gasteiger partial charge is 0.378 e. The van der Waals surface area contributed by atoms with Gasteiger partial charge in [-0.05, 0) is 26.2 Å². The van der Waals surface area contributed by atoms with E-state index in [-0.39, 0.29) is 5.41 Å². The van der Waals surface area contributed by atoms with Crippen LogP contribution in [0.1, 0.15) is 59.2 Å². The van der Waals surface area contributed by atoms with Crippen LogP contribution in [0.3, 0.4) is 0 Å². The third-order valence-corrected chi connectivity index (χ3v) is 5.48. The lowest BCUT2D eigenvalue weighted by molar-refractivity contribution is -0.157. The second kappa shape index (κ2) is 4.95. The molecule has 2 aliphatic carbocycles. The van der Waals surface area contributed by atoms with Crippen molar-refractivity contribution in [2.45, 2.75) is 70.9 Å².